The zero-order chi connectivity index (χ0) is 50.1. The number of nitrogens with one attached hydrogen (secondary N) is 1. The van der Waals surface area contributed by atoms with E-state index in [1.165, 1.54) is 225 Å². The van der Waals surface area contributed by atoms with Gasteiger partial charge in [-0.1, -0.05) is 269 Å². The Kier molecular flexibility index (Phi) is 47.8. The lowest BCUT2D eigenvalue weighted by Gasteiger charge is -2.40. The van der Waals surface area contributed by atoms with Crippen molar-refractivity contribution in [2.45, 2.75) is 339 Å². The predicted octanol–water partition coefficient (Wildman–Crippen LogP) is 15.0. The first-order valence-corrected chi connectivity index (χ1v) is 30.0. The van der Waals surface area contributed by atoms with E-state index in [-0.39, 0.29) is 12.5 Å². The minimum atomic E-state index is -1.55. The molecule has 0 aromatic heterocycles. The zero-order valence-corrected chi connectivity index (χ0v) is 45.3. The van der Waals surface area contributed by atoms with Crippen LogP contribution >= 0.6 is 0 Å². The second-order valence-corrected chi connectivity index (χ2v) is 21.1. The second-order valence-electron chi connectivity index (χ2n) is 21.1. The normalized spacial score (nSPS) is 19.6. The summed E-state index contributed by atoms with van der Waals surface area (Å²) in [4.78, 5) is 13.1. The first-order valence-electron chi connectivity index (χ1n) is 30.0. The van der Waals surface area contributed by atoms with Gasteiger partial charge in [-0.05, 0) is 44.9 Å². The van der Waals surface area contributed by atoms with Crippen molar-refractivity contribution in [2.24, 2.45) is 0 Å². The van der Waals surface area contributed by atoms with Gasteiger partial charge in [-0.25, -0.2) is 0 Å². The van der Waals surface area contributed by atoms with Gasteiger partial charge in [0, 0.05) is 6.42 Å². The van der Waals surface area contributed by atoms with Gasteiger partial charge in [-0.3, -0.25) is 4.79 Å². The van der Waals surface area contributed by atoms with Crippen LogP contribution in [0.1, 0.15) is 296 Å². The van der Waals surface area contributed by atoms with E-state index in [1.54, 1.807) is 0 Å². The van der Waals surface area contributed by atoms with Gasteiger partial charge in [0.1, 0.15) is 24.4 Å². The van der Waals surface area contributed by atoms with E-state index in [2.05, 4.69) is 43.5 Å². The number of aliphatic hydroxyl groups excluding tert-OH is 5. The van der Waals surface area contributed by atoms with Crippen molar-refractivity contribution >= 4 is 5.91 Å². The molecular weight excluding hydrogens is 863 g/mol. The van der Waals surface area contributed by atoms with Crippen LogP contribution in [0.3, 0.4) is 0 Å². The number of carbonyl (C=O) groups excluding carboxylic acids is 1. The minimum Gasteiger partial charge on any atom is -0.394 e. The Morgan fingerprint density at radius 1 is 0.493 bits per heavy atom. The number of aliphatic hydroxyl groups is 5. The SMILES string of the molecule is CCCCCCCCCCC/C=C\C/C=C\CCCCCCCCCCCCCC(=O)NC(COC1OC(CO)C(O)C(O)C1O)C(O)CCCCCCCCCCCCCCCCCCCCC. The van der Waals surface area contributed by atoms with Gasteiger partial charge >= 0.3 is 0 Å². The summed E-state index contributed by atoms with van der Waals surface area (Å²) < 4.78 is 11.3. The summed E-state index contributed by atoms with van der Waals surface area (Å²) in [5, 5.41) is 54.7. The molecule has 408 valence electrons. The van der Waals surface area contributed by atoms with Crippen molar-refractivity contribution in [3.63, 3.8) is 0 Å². The molecule has 69 heavy (non-hydrogen) atoms. The highest BCUT2D eigenvalue weighted by molar-refractivity contribution is 5.76. The molecule has 1 aliphatic rings. The van der Waals surface area contributed by atoms with Crippen LogP contribution in [0, 0.1) is 0 Å². The highest BCUT2D eigenvalue weighted by Crippen LogP contribution is 2.23. The number of hydrogen-bond acceptors (Lipinski definition) is 8. The van der Waals surface area contributed by atoms with Gasteiger partial charge in [0.2, 0.25) is 5.91 Å². The average Bonchev–Trinajstić information content (AvgIpc) is 3.35. The molecule has 7 unspecified atom stereocenters. The lowest BCUT2D eigenvalue weighted by molar-refractivity contribution is -0.302. The van der Waals surface area contributed by atoms with E-state index < -0.39 is 49.5 Å². The number of carbonyl (C=O) groups is 1. The zero-order valence-electron chi connectivity index (χ0n) is 45.3. The summed E-state index contributed by atoms with van der Waals surface area (Å²) in [5.74, 6) is -0.142. The van der Waals surface area contributed by atoms with Crippen LogP contribution in [-0.2, 0) is 14.3 Å². The van der Waals surface area contributed by atoms with Gasteiger partial charge in [0.05, 0.1) is 25.4 Å². The Bertz CT molecular complexity index is 1130. The fourth-order valence-corrected chi connectivity index (χ4v) is 9.78. The molecule has 0 radical (unpaired) electrons. The van der Waals surface area contributed by atoms with Crippen LogP contribution in [-0.4, -0.2) is 87.5 Å². The number of allylic oxidation sites excluding steroid dienone is 4. The smallest absolute Gasteiger partial charge is 0.220 e. The number of ether oxygens (including phenoxy) is 2. The molecule has 7 atom stereocenters. The highest BCUT2D eigenvalue weighted by Gasteiger charge is 2.44. The minimum absolute atomic E-state index is 0.136. The molecule has 6 N–H and O–H groups in total. The Balaban J connectivity index is 2.18. The largest absolute Gasteiger partial charge is 0.394 e. The van der Waals surface area contributed by atoms with Crippen LogP contribution < -0.4 is 5.32 Å². The molecular formula is C60H115NO8. The summed E-state index contributed by atoms with van der Waals surface area (Å²) in [6, 6.07) is -0.719. The molecule has 0 saturated carbocycles. The molecule has 9 nitrogen and oxygen atoms in total. The second kappa shape index (κ2) is 50.2. The molecule has 0 aliphatic carbocycles. The van der Waals surface area contributed by atoms with E-state index in [0.717, 1.165) is 44.9 Å². The topological polar surface area (TPSA) is 149 Å². The third kappa shape index (κ3) is 39.8. The molecule has 1 rings (SSSR count). The molecule has 0 aromatic rings. The lowest BCUT2D eigenvalue weighted by Crippen LogP contribution is -2.60. The van der Waals surface area contributed by atoms with Gasteiger partial charge in [-0.2, -0.15) is 0 Å². The molecule has 1 fully saturated rings. The molecule has 1 saturated heterocycles. The fourth-order valence-electron chi connectivity index (χ4n) is 9.78. The molecule has 9 heteroatoms. The summed E-state index contributed by atoms with van der Waals surface area (Å²) >= 11 is 0. The van der Waals surface area contributed by atoms with Crippen LogP contribution in [0.25, 0.3) is 0 Å². The third-order valence-electron chi connectivity index (χ3n) is 14.6. The average molecular weight is 979 g/mol. The Morgan fingerprint density at radius 3 is 1.25 bits per heavy atom. The standard InChI is InChI=1S/C60H115NO8/c1-3-5-7-9-11-13-15-17-19-21-23-24-25-26-27-28-29-30-32-34-36-38-40-42-44-46-48-50-56(64)61-53(52-68-60-59(67)58(66)57(65)55(51-62)69-60)54(63)49-47-45-43-41-39-37-35-33-31-22-20-18-16-14-12-10-8-6-4-2/h23-24,26-27,53-55,57-60,62-63,65-67H,3-22,25,28-52H2,1-2H3,(H,61,64)/b24-23-,27-26-. The molecule has 1 amide bonds. The Labute approximate surface area is 426 Å². The van der Waals surface area contributed by atoms with Crippen LogP contribution in [0.15, 0.2) is 24.3 Å². The number of amides is 1. The van der Waals surface area contributed by atoms with Gasteiger partial charge in [0.15, 0.2) is 6.29 Å². The number of unbranched alkanes of at least 4 members (excludes halogenated alkanes) is 38. The maximum Gasteiger partial charge on any atom is 0.220 e. The number of rotatable bonds is 52. The maximum absolute atomic E-state index is 13.1. The summed E-state index contributed by atoms with van der Waals surface area (Å²) in [6.07, 6.45) is 56.4. The van der Waals surface area contributed by atoms with Gasteiger partial charge in [-0.15, -0.1) is 0 Å². The van der Waals surface area contributed by atoms with Crippen molar-refractivity contribution in [3.8, 4) is 0 Å². The molecule has 1 heterocycles. The van der Waals surface area contributed by atoms with E-state index in [0.29, 0.717) is 12.8 Å². The number of hydrogen-bond donors (Lipinski definition) is 6. The Hall–Kier alpha value is -1.33. The molecule has 0 aromatic carbocycles. The van der Waals surface area contributed by atoms with E-state index in [4.69, 9.17) is 9.47 Å². The van der Waals surface area contributed by atoms with Crippen LogP contribution in [0.2, 0.25) is 0 Å². The maximum atomic E-state index is 13.1. The summed E-state index contributed by atoms with van der Waals surface area (Å²) in [6.45, 7) is 3.87. The van der Waals surface area contributed by atoms with E-state index in [1.807, 2.05) is 0 Å². The van der Waals surface area contributed by atoms with E-state index >= 15 is 0 Å². The van der Waals surface area contributed by atoms with Gasteiger partial charge in [0.25, 0.3) is 0 Å². The molecule has 1 aliphatic heterocycles. The first kappa shape index (κ1) is 65.7. The highest BCUT2D eigenvalue weighted by atomic mass is 16.7. The fraction of sp³-hybridized carbons (Fsp3) is 0.917. The van der Waals surface area contributed by atoms with Crippen molar-refractivity contribution < 1.29 is 39.8 Å². The van der Waals surface area contributed by atoms with E-state index in [9.17, 15) is 30.3 Å². The van der Waals surface area contributed by atoms with Crippen LogP contribution in [0.5, 0.6) is 0 Å². The monoisotopic (exact) mass is 978 g/mol. The summed E-state index contributed by atoms with van der Waals surface area (Å²) in [7, 11) is 0. The lowest BCUT2D eigenvalue weighted by atomic mass is 9.99. The van der Waals surface area contributed by atoms with Crippen LogP contribution in [0.4, 0.5) is 0 Å². The van der Waals surface area contributed by atoms with Crippen molar-refractivity contribution in [3.05, 3.63) is 24.3 Å². The third-order valence-corrected chi connectivity index (χ3v) is 14.6. The molecule has 0 spiro atoms. The van der Waals surface area contributed by atoms with Crippen molar-refractivity contribution in [2.75, 3.05) is 13.2 Å². The van der Waals surface area contributed by atoms with Gasteiger partial charge < -0.3 is 40.3 Å². The molecule has 0 bridgehead atoms. The quantitative estimate of drug-likeness (QED) is 0.0261. The van der Waals surface area contributed by atoms with Crippen molar-refractivity contribution in [1.82, 2.24) is 5.32 Å². The predicted molar refractivity (Wildman–Crippen MR) is 290 cm³/mol. The summed E-state index contributed by atoms with van der Waals surface area (Å²) in [5.41, 5.74) is 0. The van der Waals surface area contributed by atoms with Crippen molar-refractivity contribution in [1.29, 1.82) is 0 Å². The first-order chi connectivity index (χ1) is 33.8. The Morgan fingerprint density at radius 2 is 0.855 bits per heavy atom.